The molecule has 3 heterocycles. The van der Waals surface area contributed by atoms with Crippen LogP contribution in [0.3, 0.4) is 0 Å². The van der Waals surface area contributed by atoms with Crippen molar-refractivity contribution in [2.75, 3.05) is 7.05 Å². The molecule has 3 rings (SSSR count). The Bertz CT molecular complexity index is 798. The first-order valence-electron chi connectivity index (χ1n) is 6.40. The second-order valence-electron chi connectivity index (χ2n) is 4.66. The van der Waals surface area contributed by atoms with Crippen LogP contribution in [0, 0.1) is 0 Å². The number of hydrogen-bond donors (Lipinski definition) is 1. The number of fused-ring (bicyclic) bond motifs is 1. The van der Waals surface area contributed by atoms with Gasteiger partial charge in [0.25, 0.3) is 5.91 Å². The van der Waals surface area contributed by atoms with Crippen LogP contribution >= 0.6 is 11.3 Å². The van der Waals surface area contributed by atoms with Crippen molar-refractivity contribution in [1.82, 2.24) is 19.3 Å². The molecule has 8 heteroatoms. The van der Waals surface area contributed by atoms with Crippen LogP contribution in [0.5, 0.6) is 0 Å². The molecule has 0 saturated heterocycles. The van der Waals surface area contributed by atoms with Crippen molar-refractivity contribution < 1.29 is 14.7 Å². The summed E-state index contributed by atoms with van der Waals surface area (Å²) in [4.78, 5) is 34.0. The summed E-state index contributed by atoms with van der Waals surface area (Å²) in [6.07, 6.45) is 6.37. The van der Waals surface area contributed by atoms with Gasteiger partial charge in [-0.25, -0.2) is 9.78 Å². The third-order valence-corrected chi connectivity index (χ3v) is 4.02. The Morgan fingerprint density at radius 2 is 2.27 bits per heavy atom. The average molecular weight is 316 g/mol. The minimum atomic E-state index is -1.12. The maximum absolute atomic E-state index is 12.5. The van der Waals surface area contributed by atoms with E-state index in [0.717, 1.165) is 4.90 Å². The van der Waals surface area contributed by atoms with Crippen molar-refractivity contribution in [2.24, 2.45) is 0 Å². The Balaban J connectivity index is 1.93. The molecule has 3 aromatic heterocycles. The first kappa shape index (κ1) is 14.2. The molecule has 3 aromatic rings. The number of carbonyl (C=O) groups excluding carboxylic acids is 1. The summed E-state index contributed by atoms with van der Waals surface area (Å²) >= 11 is 1.40. The van der Waals surface area contributed by atoms with E-state index in [1.165, 1.54) is 24.6 Å². The van der Waals surface area contributed by atoms with Crippen molar-refractivity contribution >= 4 is 28.2 Å². The summed E-state index contributed by atoms with van der Waals surface area (Å²) in [5, 5.41) is 11.3. The second-order valence-corrected chi connectivity index (χ2v) is 5.54. The van der Waals surface area contributed by atoms with Gasteiger partial charge in [0.15, 0.2) is 11.0 Å². The normalized spacial score (nSPS) is 12.2. The lowest BCUT2D eigenvalue weighted by atomic mass is 10.1. The van der Waals surface area contributed by atoms with Crippen LogP contribution in [-0.2, 0) is 4.79 Å². The number of hydrogen-bond acceptors (Lipinski definition) is 5. The van der Waals surface area contributed by atoms with Gasteiger partial charge in [0.1, 0.15) is 5.69 Å². The van der Waals surface area contributed by atoms with Gasteiger partial charge in [-0.2, -0.15) is 0 Å². The number of likely N-dealkylation sites (N-methyl/N-ethyl adjacent to an activating group) is 1. The minimum Gasteiger partial charge on any atom is -0.479 e. The summed E-state index contributed by atoms with van der Waals surface area (Å²) in [5.41, 5.74) is 0.649. The molecule has 0 radical (unpaired) electrons. The molecule has 22 heavy (non-hydrogen) atoms. The SMILES string of the molecule is CN(C(=O)c1cn2ccsc2n1)C(C(=O)O)c1cccnc1. The standard InChI is InChI=1S/C14H12N4O3S/c1-17(11(13(20)21)9-3-2-4-15-7-9)12(19)10-8-18-5-6-22-14(18)16-10/h2-8,11H,1H3,(H,20,21). The molecule has 0 bridgehead atoms. The van der Waals surface area contributed by atoms with E-state index >= 15 is 0 Å². The van der Waals surface area contributed by atoms with E-state index in [1.54, 1.807) is 35.1 Å². The first-order valence-corrected chi connectivity index (χ1v) is 7.28. The molecule has 1 N–H and O–H groups in total. The predicted molar refractivity (Wildman–Crippen MR) is 79.8 cm³/mol. The highest BCUT2D eigenvalue weighted by Gasteiger charge is 2.30. The number of amides is 1. The molecule has 0 aromatic carbocycles. The molecule has 1 amide bonds. The van der Waals surface area contributed by atoms with Crippen LogP contribution in [0.4, 0.5) is 0 Å². The Kier molecular flexibility index (Phi) is 3.60. The molecule has 0 aliphatic rings. The third kappa shape index (κ3) is 2.44. The second kappa shape index (κ2) is 5.57. The van der Waals surface area contributed by atoms with Crippen LogP contribution in [0.25, 0.3) is 4.96 Å². The van der Waals surface area contributed by atoms with E-state index in [4.69, 9.17) is 0 Å². The fourth-order valence-corrected chi connectivity index (χ4v) is 2.90. The number of rotatable bonds is 4. The summed E-state index contributed by atoms with van der Waals surface area (Å²) in [7, 11) is 1.45. The van der Waals surface area contributed by atoms with Crippen LogP contribution in [0.2, 0.25) is 0 Å². The third-order valence-electron chi connectivity index (χ3n) is 3.25. The Morgan fingerprint density at radius 1 is 1.45 bits per heavy atom. The van der Waals surface area contributed by atoms with Gasteiger partial charge >= 0.3 is 5.97 Å². The van der Waals surface area contributed by atoms with Crippen molar-refractivity contribution in [1.29, 1.82) is 0 Å². The fourth-order valence-electron chi connectivity index (χ4n) is 2.20. The quantitative estimate of drug-likeness (QED) is 0.791. The molecule has 1 unspecified atom stereocenters. The van der Waals surface area contributed by atoms with Crippen molar-refractivity contribution in [3.63, 3.8) is 0 Å². The van der Waals surface area contributed by atoms with Gasteiger partial charge in [-0.1, -0.05) is 6.07 Å². The lowest BCUT2D eigenvalue weighted by Crippen LogP contribution is -2.36. The van der Waals surface area contributed by atoms with Crippen LogP contribution < -0.4 is 0 Å². The maximum atomic E-state index is 12.5. The number of aromatic nitrogens is 3. The van der Waals surface area contributed by atoms with Crippen molar-refractivity contribution in [3.05, 3.63) is 53.6 Å². The first-order chi connectivity index (χ1) is 10.6. The number of aliphatic carboxylic acids is 1. The lowest BCUT2D eigenvalue weighted by Gasteiger charge is -2.24. The summed E-state index contributed by atoms with van der Waals surface area (Å²) in [5.74, 6) is -1.57. The number of thiazole rings is 1. The molecule has 112 valence electrons. The Hall–Kier alpha value is -2.74. The number of pyridine rings is 1. The highest BCUT2D eigenvalue weighted by Crippen LogP contribution is 2.21. The summed E-state index contributed by atoms with van der Waals surface area (Å²) < 4.78 is 1.73. The number of carboxylic acid groups (broad SMARTS) is 1. The molecule has 0 fully saturated rings. The van der Waals surface area contributed by atoms with Gasteiger partial charge in [0.2, 0.25) is 0 Å². The minimum absolute atomic E-state index is 0.212. The number of carboxylic acids is 1. The van der Waals surface area contributed by atoms with Gasteiger partial charge in [-0.3, -0.25) is 14.2 Å². The molecule has 0 aliphatic heterocycles. The highest BCUT2D eigenvalue weighted by atomic mass is 32.1. The molecular weight excluding hydrogens is 304 g/mol. The summed E-state index contributed by atoms with van der Waals surface area (Å²) in [6, 6.07) is 2.15. The summed E-state index contributed by atoms with van der Waals surface area (Å²) in [6.45, 7) is 0. The van der Waals surface area contributed by atoms with Crippen molar-refractivity contribution in [2.45, 2.75) is 6.04 Å². The van der Waals surface area contributed by atoms with Gasteiger partial charge in [-0.05, 0) is 6.07 Å². The van der Waals surface area contributed by atoms with Crippen LogP contribution in [0.1, 0.15) is 22.1 Å². The Labute approximate surface area is 129 Å². The van der Waals surface area contributed by atoms with E-state index in [9.17, 15) is 14.7 Å². The fraction of sp³-hybridized carbons (Fsp3) is 0.143. The van der Waals surface area contributed by atoms with E-state index in [1.807, 2.05) is 5.38 Å². The van der Waals surface area contributed by atoms with E-state index in [-0.39, 0.29) is 5.69 Å². The zero-order chi connectivity index (χ0) is 15.7. The molecular formula is C14H12N4O3S. The molecule has 0 spiro atoms. The molecule has 0 aliphatic carbocycles. The van der Waals surface area contributed by atoms with Gasteiger partial charge < -0.3 is 10.0 Å². The largest absolute Gasteiger partial charge is 0.479 e. The molecule has 7 nitrogen and oxygen atoms in total. The highest BCUT2D eigenvalue weighted by molar-refractivity contribution is 7.15. The zero-order valence-electron chi connectivity index (χ0n) is 11.6. The van der Waals surface area contributed by atoms with Crippen LogP contribution in [0.15, 0.2) is 42.3 Å². The lowest BCUT2D eigenvalue weighted by molar-refractivity contribution is -0.142. The van der Waals surface area contributed by atoms with Gasteiger partial charge in [0.05, 0.1) is 0 Å². The number of nitrogens with zero attached hydrogens (tertiary/aromatic N) is 4. The molecule has 0 saturated carbocycles. The van der Waals surface area contributed by atoms with Gasteiger partial charge in [-0.15, -0.1) is 11.3 Å². The topological polar surface area (TPSA) is 87.8 Å². The maximum Gasteiger partial charge on any atom is 0.331 e. The van der Waals surface area contributed by atoms with Crippen molar-refractivity contribution in [3.8, 4) is 0 Å². The monoisotopic (exact) mass is 316 g/mol. The predicted octanol–water partition coefficient (Wildman–Crippen LogP) is 1.69. The number of carbonyl (C=O) groups is 2. The number of imidazole rings is 1. The molecule has 1 atom stereocenters. The van der Waals surface area contributed by atoms with Crippen LogP contribution in [-0.4, -0.2) is 43.3 Å². The van der Waals surface area contributed by atoms with E-state index in [0.29, 0.717) is 10.5 Å². The smallest absolute Gasteiger partial charge is 0.331 e. The Morgan fingerprint density at radius 3 is 2.91 bits per heavy atom. The average Bonchev–Trinajstić information content (AvgIpc) is 3.08. The zero-order valence-corrected chi connectivity index (χ0v) is 12.4. The van der Waals surface area contributed by atoms with E-state index in [2.05, 4.69) is 9.97 Å². The van der Waals surface area contributed by atoms with Gasteiger partial charge in [0, 0.05) is 42.8 Å². The van der Waals surface area contributed by atoms with E-state index < -0.39 is 17.9 Å².